The summed E-state index contributed by atoms with van der Waals surface area (Å²) in [5.74, 6) is 0. The molecule has 1 fully saturated rings. The quantitative estimate of drug-likeness (QED) is 0.665. The molecule has 2 aromatic carbocycles. The first-order valence-corrected chi connectivity index (χ1v) is 11.3. The van der Waals surface area contributed by atoms with Crippen molar-refractivity contribution in [2.75, 3.05) is 39.4 Å². The summed E-state index contributed by atoms with van der Waals surface area (Å²) < 4.78 is 33.1. The van der Waals surface area contributed by atoms with Gasteiger partial charge < -0.3 is 4.74 Å². The zero-order valence-electron chi connectivity index (χ0n) is 16.8. The Labute approximate surface area is 174 Å². The molecule has 3 rings (SSSR count). The van der Waals surface area contributed by atoms with E-state index in [2.05, 4.69) is 4.90 Å². The van der Waals surface area contributed by atoms with Crippen LogP contribution in [0.25, 0.3) is 6.08 Å². The minimum Gasteiger partial charge on any atom is -0.379 e. The van der Waals surface area contributed by atoms with Gasteiger partial charge in [-0.2, -0.15) is 0 Å². The van der Waals surface area contributed by atoms with Gasteiger partial charge in [0, 0.05) is 25.8 Å². The first kappa shape index (κ1) is 21.3. The fraction of sp³-hybridized carbons (Fsp3) is 0.304. The summed E-state index contributed by atoms with van der Waals surface area (Å²) in [6.07, 6.45) is 7.40. The lowest BCUT2D eigenvalue weighted by atomic mass is 10.2. The lowest BCUT2D eigenvalue weighted by molar-refractivity contribution is 0.0433. The molecule has 5 nitrogen and oxygen atoms in total. The lowest BCUT2D eigenvalue weighted by Crippen LogP contribution is -2.36. The van der Waals surface area contributed by atoms with Crippen LogP contribution in [0.1, 0.15) is 11.1 Å². The van der Waals surface area contributed by atoms with Gasteiger partial charge in [0.15, 0.2) is 0 Å². The Hall–Kier alpha value is -2.41. The van der Waals surface area contributed by atoms with E-state index in [0.29, 0.717) is 11.4 Å². The van der Waals surface area contributed by atoms with Gasteiger partial charge in [0.25, 0.3) is 10.0 Å². The van der Waals surface area contributed by atoms with E-state index in [1.54, 1.807) is 18.3 Å². The summed E-state index contributed by atoms with van der Waals surface area (Å²) in [6.45, 7) is 6.08. The van der Waals surface area contributed by atoms with Gasteiger partial charge in [0.1, 0.15) is 0 Å². The first-order valence-electron chi connectivity index (χ1n) is 9.82. The fourth-order valence-electron chi connectivity index (χ4n) is 3.04. The van der Waals surface area contributed by atoms with E-state index >= 15 is 0 Å². The molecule has 0 aromatic heterocycles. The molecule has 0 N–H and O–H groups in total. The highest BCUT2D eigenvalue weighted by atomic mass is 32.2. The van der Waals surface area contributed by atoms with E-state index in [1.165, 1.54) is 4.31 Å². The molecule has 1 saturated heterocycles. The summed E-state index contributed by atoms with van der Waals surface area (Å²) in [6, 6.07) is 16.8. The number of nitrogens with zero attached hydrogens (tertiary/aromatic N) is 2. The SMILES string of the molecule is Cc1ccc(S(=O)(=O)N(/C=C/CN2CCOCC2)C/C=C/c2ccccc2)cc1. The van der Waals surface area contributed by atoms with Crippen LogP contribution < -0.4 is 0 Å². The summed E-state index contributed by atoms with van der Waals surface area (Å²) >= 11 is 0. The summed E-state index contributed by atoms with van der Waals surface area (Å²) in [5, 5.41) is 0. The zero-order valence-corrected chi connectivity index (χ0v) is 17.6. The summed E-state index contributed by atoms with van der Waals surface area (Å²) in [7, 11) is -3.62. The van der Waals surface area contributed by atoms with Crippen LogP contribution in [0.5, 0.6) is 0 Å². The molecule has 0 atom stereocenters. The number of ether oxygens (including phenoxy) is 1. The predicted octanol–water partition coefficient (Wildman–Crippen LogP) is 3.55. The standard InChI is InChI=1S/C23H28N2O3S/c1-21-10-12-23(13-11-21)29(26,27)25(15-5-9-22-7-3-2-4-8-22)16-6-14-24-17-19-28-20-18-24/h2-13,16H,14-15,17-20H2,1H3/b9-5+,16-6+. The van der Waals surface area contributed by atoms with Crippen LogP contribution in [0.4, 0.5) is 0 Å². The zero-order chi connectivity index (χ0) is 20.5. The molecule has 1 aliphatic rings. The number of hydrogen-bond donors (Lipinski definition) is 0. The molecule has 0 bridgehead atoms. The van der Waals surface area contributed by atoms with Crippen LogP contribution >= 0.6 is 0 Å². The Balaban J connectivity index is 1.76. The summed E-state index contributed by atoms with van der Waals surface area (Å²) in [5.41, 5.74) is 2.07. The molecule has 0 radical (unpaired) electrons. The van der Waals surface area contributed by atoms with Crippen LogP contribution in [-0.2, 0) is 14.8 Å². The topological polar surface area (TPSA) is 49.9 Å². The fourth-order valence-corrected chi connectivity index (χ4v) is 4.32. The molecule has 0 saturated carbocycles. The van der Waals surface area contributed by atoms with Gasteiger partial charge in [-0.25, -0.2) is 8.42 Å². The van der Waals surface area contributed by atoms with Crippen molar-refractivity contribution in [3.63, 3.8) is 0 Å². The Morgan fingerprint density at radius 3 is 2.38 bits per heavy atom. The molecule has 154 valence electrons. The average molecular weight is 413 g/mol. The number of rotatable bonds is 8. The normalized spacial score (nSPS) is 15.9. The molecule has 6 heteroatoms. The number of benzene rings is 2. The maximum Gasteiger partial charge on any atom is 0.264 e. The second kappa shape index (κ2) is 10.4. The third-order valence-electron chi connectivity index (χ3n) is 4.76. The molecule has 1 aliphatic heterocycles. The molecule has 1 heterocycles. The van der Waals surface area contributed by atoms with Crippen LogP contribution in [0.15, 0.2) is 77.8 Å². The largest absolute Gasteiger partial charge is 0.379 e. The van der Waals surface area contributed by atoms with Gasteiger partial charge in [-0.05, 0) is 24.6 Å². The molecule has 29 heavy (non-hydrogen) atoms. The van der Waals surface area contributed by atoms with Crippen molar-refractivity contribution in [1.82, 2.24) is 9.21 Å². The van der Waals surface area contributed by atoms with Crippen molar-refractivity contribution >= 4 is 16.1 Å². The molecule has 0 spiro atoms. The third kappa shape index (κ3) is 6.29. The average Bonchev–Trinajstić information content (AvgIpc) is 2.74. The molecular weight excluding hydrogens is 384 g/mol. The van der Waals surface area contributed by atoms with Gasteiger partial charge in [-0.15, -0.1) is 0 Å². The van der Waals surface area contributed by atoms with Crippen molar-refractivity contribution in [1.29, 1.82) is 0 Å². The first-order chi connectivity index (χ1) is 14.1. The molecule has 2 aromatic rings. The van der Waals surface area contributed by atoms with E-state index < -0.39 is 10.0 Å². The van der Waals surface area contributed by atoms with Gasteiger partial charge in [0.05, 0.1) is 24.7 Å². The van der Waals surface area contributed by atoms with Gasteiger partial charge >= 0.3 is 0 Å². The highest BCUT2D eigenvalue weighted by molar-refractivity contribution is 7.89. The van der Waals surface area contributed by atoms with Crippen molar-refractivity contribution in [3.8, 4) is 0 Å². The minimum absolute atomic E-state index is 0.269. The van der Waals surface area contributed by atoms with Crippen LogP contribution in [0, 0.1) is 6.92 Å². The van der Waals surface area contributed by atoms with E-state index in [0.717, 1.165) is 37.4 Å². The molecule has 0 unspecified atom stereocenters. The maximum atomic E-state index is 13.2. The number of hydrogen-bond acceptors (Lipinski definition) is 4. The summed E-state index contributed by atoms with van der Waals surface area (Å²) in [4.78, 5) is 2.54. The highest BCUT2D eigenvalue weighted by Crippen LogP contribution is 2.17. The van der Waals surface area contributed by atoms with Gasteiger partial charge in [-0.3, -0.25) is 9.21 Å². The van der Waals surface area contributed by atoms with Crippen molar-refractivity contribution in [2.24, 2.45) is 0 Å². The van der Waals surface area contributed by atoms with E-state index in [-0.39, 0.29) is 6.54 Å². The van der Waals surface area contributed by atoms with Gasteiger partial charge in [-0.1, -0.05) is 66.3 Å². The van der Waals surface area contributed by atoms with Gasteiger partial charge in [0.2, 0.25) is 0 Å². The number of sulfonamides is 1. The highest BCUT2D eigenvalue weighted by Gasteiger charge is 2.20. The molecule has 0 amide bonds. The Morgan fingerprint density at radius 1 is 1.00 bits per heavy atom. The molecule has 0 aliphatic carbocycles. The van der Waals surface area contributed by atoms with Crippen LogP contribution in [0.2, 0.25) is 0 Å². The second-order valence-corrected chi connectivity index (χ2v) is 8.89. The second-order valence-electron chi connectivity index (χ2n) is 7.00. The van der Waals surface area contributed by atoms with E-state index in [9.17, 15) is 8.42 Å². The molecular formula is C23H28N2O3S. The smallest absolute Gasteiger partial charge is 0.264 e. The van der Waals surface area contributed by atoms with Crippen molar-refractivity contribution in [3.05, 3.63) is 84.1 Å². The number of morpholine rings is 1. The lowest BCUT2D eigenvalue weighted by Gasteiger charge is -2.25. The number of aryl methyl sites for hydroxylation is 1. The minimum atomic E-state index is -3.62. The van der Waals surface area contributed by atoms with Crippen LogP contribution in [0.3, 0.4) is 0 Å². The maximum absolute atomic E-state index is 13.2. The van der Waals surface area contributed by atoms with Crippen LogP contribution in [-0.4, -0.2) is 57.0 Å². The third-order valence-corrected chi connectivity index (χ3v) is 6.52. The Bertz CT molecular complexity index is 916. The van der Waals surface area contributed by atoms with E-state index in [1.807, 2.05) is 67.6 Å². The monoisotopic (exact) mass is 412 g/mol. The van der Waals surface area contributed by atoms with Crippen molar-refractivity contribution in [2.45, 2.75) is 11.8 Å². The van der Waals surface area contributed by atoms with E-state index in [4.69, 9.17) is 4.74 Å². The predicted molar refractivity (Wildman–Crippen MR) is 117 cm³/mol. The van der Waals surface area contributed by atoms with Crippen molar-refractivity contribution < 1.29 is 13.2 Å². The Kier molecular flexibility index (Phi) is 7.63. The Morgan fingerprint density at radius 2 is 1.69 bits per heavy atom.